The number of nitro benzene ring substituents is 1. The lowest BCUT2D eigenvalue weighted by Gasteiger charge is -2.08. The molecule has 2 aromatic rings. The van der Waals surface area contributed by atoms with Gasteiger partial charge in [-0.05, 0) is 37.3 Å². The number of thiophene rings is 1. The van der Waals surface area contributed by atoms with Crippen LogP contribution in [0.1, 0.15) is 52.0 Å². The minimum Gasteiger partial charge on any atom is -0.312 e. The summed E-state index contributed by atoms with van der Waals surface area (Å²) in [5.41, 5.74) is 1.30. The predicted octanol–water partition coefficient (Wildman–Crippen LogP) is 4.44. The van der Waals surface area contributed by atoms with Gasteiger partial charge < -0.3 is 5.32 Å². The summed E-state index contributed by atoms with van der Waals surface area (Å²) in [7, 11) is 0. The van der Waals surface area contributed by atoms with E-state index in [0.717, 1.165) is 42.5 Å². The average Bonchev–Trinajstić information content (AvgIpc) is 2.90. The molecule has 1 aromatic carbocycles. The number of amides is 1. The summed E-state index contributed by atoms with van der Waals surface area (Å²) in [5.74, 6) is -0.557. The lowest BCUT2D eigenvalue weighted by Crippen LogP contribution is -2.13. The number of benzene rings is 1. The Bertz CT molecular complexity index is 867. The second kappa shape index (κ2) is 7.45. The van der Waals surface area contributed by atoms with Crippen molar-refractivity contribution in [1.82, 2.24) is 0 Å². The first-order valence-electron chi connectivity index (χ1n) is 8.21. The molecule has 3 rings (SSSR count). The second-order valence-corrected chi connectivity index (χ2v) is 7.07. The maximum absolute atomic E-state index is 12.5. The Balaban J connectivity index is 1.93. The molecule has 1 amide bonds. The smallest absolute Gasteiger partial charge is 0.282 e. The van der Waals surface area contributed by atoms with Gasteiger partial charge in [-0.25, -0.2) is 0 Å². The Hall–Kier alpha value is -2.72. The molecule has 0 aliphatic heterocycles. The zero-order chi connectivity index (χ0) is 17.8. The highest BCUT2D eigenvalue weighted by Crippen LogP contribution is 2.37. The molecule has 0 fully saturated rings. The molecule has 7 heteroatoms. The standard InChI is InChI=1S/C18H17N3O3S/c19-11-14-12-7-3-1-2-4-10-16(12)25-18(14)20-17(22)13-8-5-6-9-15(13)21(23)24/h5-6,8-9H,1-4,7,10H2,(H,20,22). The molecule has 1 aliphatic carbocycles. The highest BCUT2D eigenvalue weighted by atomic mass is 32.1. The topological polar surface area (TPSA) is 96.0 Å². The summed E-state index contributed by atoms with van der Waals surface area (Å²) >= 11 is 1.42. The average molecular weight is 355 g/mol. The van der Waals surface area contributed by atoms with E-state index in [4.69, 9.17) is 0 Å². The van der Waals surface area contributed by atoms with E-state index in [1.54, 1.807) is 6.07 Å². The van der Waals surface area contributed by atoms with Crippen molar-refractivity contribution in [3.8, 4) is 6.07 Å². The number of fused-ring (bicyclic) bond motifs is 1. The summed E-state index contributed by atoms with van der Waals surface area (Å²) in [5, 5.41) is 23.9. The third kappa shape index (κ3) is 3.54. The number of carbonyl (C=O) groups excluding carboxylic acids is 1. The predicted molar refractivity (Wildman–Crippen MR) is 96.0 cm³/mol. The van der Waals surface area contributed by atoms with E-state index in [-0.39, 0.29) is 11.3 Å². The maximum atomic E-state index is 12.5. The monoisotopic (exact) mass is 355 g/mol. The van der Waals surface area contributed by atoms with Crippen LogP contribution in [0.25, 0.3) is 0 Å². The summed E-state index contributed by atoms with van der Waals surface area (Å²) < 4.78 is 0. The van der Waals surface area contributed by atoms with Crippen LogP contribution in [0.2, 0.25) is 0 Å². The SMILES string of the molecule is N#Cc1c(NC(=O)c2ccccc2[N+](=O)[O-])sc2c1CCCCCC2. The Morgan fingerprint density at radius 3 is 2.64 bits per heavy atom. The van der Waals surface area contributed by atoms with Gasteiger partial charge in [0.05, 0.1) is 10.5 Å². The van der Waals surface area contributed by atoms with Gasteiger partial charge in [-0.1, -0.05) is 25.0 Å². The number of rotatable bonds is 3. The van der Waals surface area contributed by atoms with Crippen LogP contribution in [0.4, 0.5) is 10.7 Å². The summed E-state index contributed by atoms with van der Waals surface area (Å²) in [6.45, 7) is 0. The molecule has 0 radical (unpaired) electrons. The molecule has 0 spiro atoms. The van der Waals surface area contributed by atoms with Gasteiger partial charge in [0.1, 0.15) is 16.6 Å². The first-order valence-corrected chi connectivity index (χ1v) is 9.03. The summed E-state index contributed by atoms with van der Waals surface area (Å²) in [6, 6.07) is 8.03. The van der Waals surface area contributed by atoms with Crippen molar-refractivity contribution in [2.45, 2.75) is 38.5 Å². The number of para-hydroxylation sites is 1. The summed E-state index contributed by atoms with van der Waals surface area (Å²) in [4.78, 5) is 24.2. The van der Waals surface area contributed by atoms with Gasteiger partial charge in [0.15, 0.2) is 0 Å². The van der Waals surface area contributed by atoms with Crippen LogP contribution in [0.5, 0.6) is 0 Å². The molecule has 6 nitrogen and oxygen atoms in total. The van der Waals surface area contributed by atoms with Gasteiger partial charge >= 0.3 is 0 Å². The van der Waals surface area contributed by atoms with Gasteiger partial charge in [0.2, 0.25) is 0 Å². The van der Waals surface area contributed by atoms with Crippen molar-refractivity contribution in [3.05, 3.63) is 55.9 Å². The molecule has 0 saturated heterocycles. The molecule has 25 heavy (non-hydrogen) atoms. The number of hydrogen-bond donors (Lipinski definition) is 1. The fraction of sp³-hybridized carbons (Fsp3) is 0.333. The second-order valence-electron chi connectivity index (χ2n) is 5.96. The Morgan fingerprint density at radius 1 is 1.20 bits per heavy atom. The van der Waals surface area contributed by atoms with Crippen LogP contribution in [-0.2, 0) is 12.8 Å². The molecule has 128 valence electrons. The minimum atomic E-state index is -0.576. The maximum Gasteiger partial charge on any atom is 0.282 e. The van der Waals surface area contributed by atoms with E-state index in [2.05, 4.69) is 11.4 Å². The Labute approximate surface area is 149 Å². The molecule has 0 saturated carbocycles. The van der Waals surface area contributed by atoms with Crippen LogP contribution in [0.15, 0.2) is 24.3 Å². The lowest BCUT2D eigenvalue weighted by molar-refractivity contribution is -0.385. The van der Waals surface area contributed by atoms with Gasteiger partial charge in [-0.3, -0.25) is 14.9 Å². The van der Waals surface area contributed by atoms with E-state index in [1.165, 1.54) is 36.0 Å². The highest BCUT2D eigenvalue weighted by Gasteiger charge is 2.24. The van der Waals surface area contributed by atoms with E-state index in [0.29, 0.717) is 10.6 Å². The van der Waals surface area contributed by atoms with Crippen LogP contribution >= 0.6 is 11.3 Å². The number of nitrogens with one attached hydrogen (secondary N) is 1. The first-order chi connectivity index (χ1) is 12.1. The van der Waals surface area contributed by atoms with E-state index in [9.17, 15) is 20.2 Å². The van der Waals surface area contributed by atoms with Crippen molar-refractivity contribution in [2.24, 2.45) is 0 Å². The van der Waals surface area contributed by atoms with E-state index < -0.39 is 10.8 Å². The fourth-order valence-corrected chi connectivity index (χ4v) is 4.36. The Kier molecular flexibility index (Phi) is 5.10. The number of aryl methyl sites for hydroxylation is 1. The van der Waals surface area contributed by atoms with Crippen LogP contribution in [0, 0.1) is 21.4 Å². The van der Waals surface area contributed by atoms with Crippen molar-refractivity contribution < 1.29 is 9.72 Å². The molecular formula is C18H17N3O3S. The van der Waals surface area contributed by atoms with Crippen molar-refractivity contribution in [2.75, 3.05) is 5.32 Å². The molecular weight excluding hydrogens is 338 g/mol. The minimum absolute atomic E-state index is 0.00259. The number of carbonyl (C=O) groups is 1. The zero-order valence-electron chi connectivity index (χ0n) is 13.6. The number of anilines is 1. The largest absolute Gasteiger partial charge is 0.312 e. The molecule has 1 aliphatic rings. The lowest BCUT2D eigenvalue weighted by atomic mass is 9.97. The quantitative estimate of drug-likeness (QED) is 0.650. The Morgan fingerprint density at radius 2 is 1.92 bits per heavy atom. The number of nitro groups is 1. The summed E-state index contributed by atoms with van der Waals surface area (Å²) in [6.07, 6.45) is 6.20. The third-order valence-corrected chi connectivity index (χ3v) is 5.56. The molecule has 1 aromatic heterocycles. The molecule has 1 heterocycles. The van der Waals surface area contributed by atoms with Crippen LogP contribution in [-0.4, -0.2) is 10.8 Å². The van der Waals surface area contributed by atoms with Crippen molar-refractivity contribution >= 4 is 27.9 Å². The highest BCUT2D eigenvalue weighted by molar-refractivity contribution is 7.16. The fourth-order valence-electron chi connectivity index (χ4n) is 3.12. The van der Waals surface area contributed by atoms with Crippen LogP contribution in [0.3, 0.4) is 0 Å². The molecule has 0 atom stereocenters. The van der Waals surface area contributed by atoms with Crippen molar-refractivity contribution in [1.29, 1.82) is 5.26 Å². The number of hydrogen-bond acceptors (Lipinski definition) is 5. The normalized spacial score (nSPS) is 13.9. The van der Waals surface area contributed by atoms with Gasteiger partial charge in [-0.15, -0.1) is 11.3 Å². The third-order valence-electron chi connectivity index (χ3n) is 4.36. The van der Waals surface area contributed by atoms with Crippen molar-refractivity contribution in [3.63, 3.8) is 0 Å². The van der Waals surface area contributed by atoms with Gasteiger partial charge in [0, 0.05) is 10.9 Å². The van der Waals surface area contributed by atoms with Gasteiger partial charge in [-0.2, -0.15) is 5.26 Å². The molecule has 1 N–H and O–H groups in total. The van der Waals surface area contributed by atoms with Gasteiger partial charge in [0.25, 0.3) is 11.6 Å². The zero-order valence-corrected chi connectivity index (χ0v) is 14.4. The molecule has 0 bridgehead atoms. The number of nitrogens with zero attached hydrogens (tertiary/aromatic N) is 2. The molecule has 0 unspecified atom stereocenters. The number of nitriles is 1. The van der Waals surface area contributed by atoms with Crippen LogP contribution < -0.4 is 5.32 Å². The van der Waals surface area contributed by atoms with E-state index in [1.807, 2.05) is 0 Å². The van der Waals surface area contributed by atoms with E-state index >= 15 is 0 Å². The first kappa shape index (κ1) is 17.1.